The summed E-state index contributed by atoms with van der Waals surface area (Å²) in [5.41, 5.74) is -1.87. The highest BCUT2D eigenvalue weighted by molar-refractivity contribution is 5.86. The van der Waals surface area contributed by atoms with Crippen molar-refractivity contribution in [2.75, 3.05) is 0 Å². The van der Waals surface area contributed by atoms with Crippen LogP contribution in [0.3, 0.4) is 0 Å². The first-order valence-electron chi connectivity index (χ1n) is 3.37. The molecule has 0 aliphatic rings. The average Bonchev–Trinajstić information content (AvgIpc) is 1.86. The van der Waals surface area contributed by atoms with Crippen LogP contribution in [-0.2, 0) is 9.59 Å². The van der Waals surface area contributed by atoms with E-state index in [9.17, 15) is 14.7 Å². The molecule has 0 fully saturated rings. The number of carbonyl (C=O) groups excluding carboxylic acids is 1. The van der Waals surface area contributed by atoms with Gasteiger partial charge in [-0.2, -0.15) is 0 Å². The predicted octanol–water partition coefficient (Wildman–Crippen LogP) is 0.191. The van der Waals surface area contributed by atoms with Crippen LogP contribution in [0.1, 0.15) is 26.7 Å². The normalized spacial score (nSPS) is 15.5. The summed E-state index contributed by atoms with van der Waals surface area (Å²) in [4.78, 5) is 20.9. The number of rotatable bonds is 4. The molecule has 0 saturated carbocycles. The third kappa shape index (κ3) is 2.67. The second-order valence-corrected chi connectivity index (χ2v) is 2.57. The summed E-state index contributed by atoms with van der Waals surface area (Å²) in [5, 5.41) is 17.7. The van der Waals surface area contributed by atoms with Crippen molar-refractivity contribution in [1.29, 1.82) is 0 Å². The third-order valence-electron chi connectivity index (χ3n) is 1.52. The molecule has 4 heteroatoms. The van der Waals surface area contributed by atoms with Crippen molar-refractivity contribution in [3.8, 4) is 0 Å². The van der Waals surface area contributed by atoms with Gasteiger partial charge in [0, 0.05) is 6.42 Å². The minimum absolute atomic E-state index is 0.0436. The number of aliphatic carboxylic acids is 1. The van der Waals surface area contributed by atoms with Gasteiger partial charge in [0.1, 0.15) is 5.78 Å². The molecule has 0 rings (SSSR count). The molecule has 11 heavy (non-hydrogen) atoms. The van der Waals surface area contributed by atoms with Crippen molar-refractivity contribution in [3.05, 3.63) is 0 Å². The Kier molecular flexibility index (Phi) is 3.19. The van der Waals surface area contributed by atoms with Crippen LogP contribution in [0.4, 0.5) is 0 Å². The summed E-state index contributed by atoms with van der Waals surface area (Å²) in [5.74, 6) is -1.66. The van der Waals surface area contributed by atoms with Crippen LogP contribution in [0.5, 0.6) is 0 Å². The van der Waals surface area contributed by atoms with Crippen LogP contribution >= 0.6 is 0 Å². The Hall–Kier alpha value is -0.900. The second-order valence-electron chi connectivity index (χ2n) is 2.57. The van der Waals surface area contributed by atoms with E-state index in [0.29, 0.717) is 0 Å². The van der Waals surface area contributed by atoms with E-state index < -0.39 is 11.6 Å². The fraction of sp³-hybridized carbons (Fsp3) is 0.714. The van der Waals surface area contributed by atoms with E-state index in [-0.39, 0.29) is 18.6 Å². The van der Waals surface area contributed by atoms with Gasteiger partial charge < -0.3 is 10.2 Å². The van der Waals surface area contributed by atoms with Gasteiger partial charge in [-0.3, -0.25) is 4.79 Å². The summed E-state index contributed by atoms with van der Waals surface area (Å²) in [6.07, 6.45) is -0.277. The Balaban J connectivity index is 4.34. The van der Waals surface area contributed by atoms with Crippen LogP contribution in [0.2, 0.25) is 0 Å². The molecule has 1 atom stereocenters. The molecule has 0 spiro atoms. The van der Waals surface area contributed by atoms with Gasteiger partial charge in [0.2, 0.25) is 0 Å². The molecule has 2 N–H and O–H groups in total. The average molecular weight is 160 g/mol. The van der Waals surface area contributed by atoms with Gasteiger partial charge in [-0.25, -0.2) is 4.79 Å². The standard InChI is InChI=1S/C7H12O4/c1-3-7(11,6(9)10)4-5(2)8/h11H,3-4H2,1-2H3,(H,9,10). The number of carbonyl (C=O) groups is 2. The van der Waals surface area contributed by atoms with E-state index in [4.69, 9.17) is 5.11 Å². The maximum absolute atomic E-state index is 10.5. The molecule has 0 radical (unpaired) electrons. The lowest BCUT2D eigenvalue weighted by Gasteiger charge is -2.19. The molecule has 64 valence electrons. The summed E-state index contributed by atoms with van der Waals surface area (Å²) in [6, 6.07) is 0. The number of carboxylic acid groups (broad SMARTS) is 1. The smallest absolute Gasteiger partial charge is 0.336 e. The van der Waals surface area contributed by atoms with Gasteiger partial charge in [0.25, 0.3) is 0 Å². The van der Waals surface area contributed by atoms with E-state index in [1.807, 2.05) is 0 Å². The summed E-state index contributed by atoms with van der Waals surface area (Å²) in [6.45, 7) is 2.78. The number of hydrogen-bond donors (Lipinski definition) is 2. The van der Waals surface area contributed by atoms with Crippen LogP contribution in [-0.4, -0.2) is 27.6 Å². The van der Waals surface area contributed by atoms with Gasteiger partial charge in [-0.05, 0) is 13.3 Å². The monoisotopic (exact) mass is 160 g/mol. The molecule has 0 bridgehead atoms. The maximum Gasteiger partial charge on any atom is 0.336 e. The molecule has 0 saturated heterocycles. The lowest BCUT2D eigenvalue weighted by molar-refractivity contribution is -0.161. The van der Waals surface area contributed by atoms with Crippen molar-refractivity contribution >= 4 is 11.8 Å². The van der Waals surface area contributed by atoms with E-state index in [1.165, 1.54) is 13.8 Å². The number of carboxylic acids is 1. The number of aliphatic hydroxyl groups is 1. The fourth-order valence-corrected chi connectivity index (χ4v) is 0.764. The number of ketones is 1. The van der Waals surface area contributed by atoms with Crippen LogP contribution in [0, 0.1) is 0 Å². The lowest BCUT2D eigenvalue weighted by Crippen LogP contribution is -2.39. The molecule has 0 heterocycles. The molecule has 0 aromatic rings. The minimum atomic E-state index is -1.87. The van der Waals surface area contributed by atoms with Crippen molar-refractivity contribution in [1.82, 2.24) is 0 Å². The minimum Gasteiger partial charge on any atom is -0.479 e. The quantitative estimate of drug-likeness (QED) is 0.615. The first-order chi connectivity index (χ1) is 4.92. The van der Waals surface area contributed by atoms with E-state index in [2.05, 4.69) is 0 Å². The predicted molar refractivity (Wildman–Crippen MR) is 38.2 cm³/mol. The Morgan fingerprint density at radius 3 is 2.00 bits per heavy atom. The molecule has 0 aromatic carbocycles. The zero-order valence-corrected chi connectivity index (χ0v) is 6.63. The Morgan fingerprint density at radius 2 is 1.91 bits per heavy atom. The molecule has 4 nitrogen and oxygen atoms in total. The zero-order valence-electron chi connectivity index (χ0n) is 6.63. The van der Waals surface area contributed by atoms with Crippen molar-refractivity contribution < 1.29 is 19.8 Å². The summed E-state index contributed by atoms with van der Waals surface area (Å²) in [7, 11) is 0. The molecule has 1 unspecified atom stereocenters. The first kappa shape index (κ1) is 10.1. The molecule has 0 aliphatic heterocycles. The molecular formula is C7H12O4. The highest BCUT2D eigenvalue weighted by Crippen LogP contribution is 2.15. The van der Waals surface area contributed by atoms with E-state index in [1.54, 1.807) is 0 Å². The van der Waals surface area contributed by atoms with Gasteiger partial charge >= 0.3 is 5.97 Å². The first-order valence-corrected chi connectivity index (χ1v) is 3.37. The molecule has 0 aliphatic carbocycles. The third-order valence-corrected chi connectivity index (χ3v) is 1.52. The fourth-order valence-electron chi connectivity index (χ4n) is 0.764. The van der Waals surface area contributed by atoms with Gasteiger partial charge in [0.15, 0.2) is 5.60 Å². The van der Waals surface area contributed by atoms with Crippen molar-refractivity contribution in [2.45, 2.75) is 32.3 Å². The summed E-state index contributed by atoms with van der Waals surface area (Å²) >= 11 is 0. The molecule has 0 aromatic heterocycles. The Bertz CT molecular complexity index is 175. The largest absolute Gasteiger partial charge is 0.479 e. The van der Waals surface area contributed by atoms with E-state index >= 15 is 0 Å². The number of Topliss-reactive ketones (excluding diaryl/α,β-unsaturated/α-hetero) is 1. The van der Waals surface area contributed by atoms with E-state index in [0.717, 1.165) is 0 Å². The Morgan fingerprint density at radius 1 is 1.45 bits per heavy atom. The van der Waals surface area contributed by atoms with Crippen LogP contribution in [0.15, 0.2) is 0 Å². The van der Waals surface area contributed by atoms with Crippen LogP contribution < -0.4 is 0 Å². The molecule has 0 amide bonds. The Labute approximate surface area is 64.8 Å². The maximum atomic E-state index is 10.5. The van der Waals surface area contributed by atoms with Gasteiger partial charge in [-0.15, -0.1) is 0 Å². The van der Waals surface area contributed by atoms with Crippen LogP contribution in [0.25, 0.3) is 0 Å². The van der Waals surface area contributed by atoms with Gasteiger partial charge in [-0.1, -0.05) is 6.92 Å². The SMILES string of the molecule is CCC(O)(CC(C)=O)C(=O)O. The lowest BCUT2D eigenvalue weighted by atomic mass is 9.95. The summed E-state index contributed by atoms with van der Waals surface area (Å²) < 4.78 is 0. The topological polar surface area (TPSA) is 74.6 Å². The van der Waals surface area contributed by atoms with Crippen molar-refractivity contribution in [3.63, 3.8) is 0 Å². The van der Waals surface area contributed by atoms with Crippen molar-refractivity contribution in [2.24, 2.45) is 0 Å². The second kappa shape index (κ2) is 3.48. The highest BCUT2D eigenvalue weighted by atomic mass is 16.4. The zero-order chi connectivity index (χ0) is 9.07. The van der Waals surface area contributed by atoms with Gasteiger partial charge in [0.05, 0.1) is 0 Å². The highest BCUT2D eigenvalue weighted by Gasteiger charge is 2.34. The molecular weight excluding hydrogens is 148 g/mol. The number of hydrogen-bond acceptors (Lipinski definition) is 3.